The van der Waals surface area contributed by atoms with E-state index in [1.54, 1.807) is 19.5 Å². The molecule has 2 aromatic heterocycles. The number of methoxy groups -OCH3 is 1. The molecule has 1 amide bonds. The molecule has 0 bridgehead atoms. The van der Waals surface area contributed by atoms with E-state index in [1.165, 1.54) is 0 Å². The molecule has 1 aromatic carbocycles. The molecule has 3 rings (SSSR count). The number of carbonyl (C=O) groups excluding carboxylic acids is 1. The number of hydrogen-bond donors (Lipinski definition) is 2. The lowest BCUT2D eigenvalue weighted by molar-refractivity contribution is -0.109. The maximum absolute atomic E-state index is 10.3. The average Bonchev–Trinajstić information content (AvgIpc) is 3.06. The van der Waals surface area contributed by atoms with Crippen molar-refractivity contribution in [1.29, 1.82) is 0 Å². The summed E-state index contributed by atoms with van der Waals surface area (Å²) in [4.78, 5) is 19.1. The average molecular weight is 355 g/mol. The number of carbonyl (C=O) groups is 1. The monoisotopic (exact) mass is 355 g/mol. The van der Waals surface area contributed by atoms with Gasteiger partial charge in [0.25, 0.3) is 0 Å². The number of aromatic amines is 1. The Hall–Kier alpha value is -3.00. The van der Waals surface area contributed by atoms with Crippen molar-refractivity contribution < 1.29 is 14.3 Å². The smallest absolute Gasteiger partial charge is 0.207 e. The van der Waals surface area contributed by atoms with Crippen LogP contribution in [0, 0.1) is 0 Å². The van der Waals surface area contributed by atoms with Gasteiger partial charge < -0.3 is 14.8 Å². The van der Waals surface area contributed by atoms with Crippen LogP contribution in [0.1, 0.15) is 19.0 Å². The summed E-state index contributed by atoms with van der Waals surface area (Å²) in [5.74, 6) is 0.736. The van der Waals surface area contributed by atoms with E-state index in [1.807, 2.05) is 25.1 Å². The zero-order chi connectivity index (χ0) is 18.4. The first-order valence-electron chi connectivity index (χ1n) is 8.33. The molecule has 8 heteroatoms. The molecule has 136 valence electrons. The van der Waals surface area contributed by atoms with Gasteiger partial charge in [0, 0.05) is 25.5 Å². The van der Waals surface area contributed by atoms with Crippen molar-refractivity contribution in [2.45, 2.75) is 26.1 Å². The Morgan fingerprint density at radius 3 is 3.04 bits per heavy atom. The topological polar surface area (TPSA) is 102 Å². The standard InChI is InChI=1S/C18H21N5O3/c1-12(5-6-19-11-24)26-14-3-4-16-15(7-14)18(23-22-16)17-9-20-8-13(21-17)10-25-2/h3-4,7-9,11-12H,5-6,10H2,1-2H3,(H,19,24)(H,22,23). The third kappa shape index (κ3) is 4.15. The number of hydrogen-bond acceptors (Lipinski definition) is 6. The van der Waals surface area contributed by atoms with Gasteiger partial charge in [0.2, 0.25) is 6.41 Å². The zero-order valence-electron chi connectivity index (χ0n) is 14.7. The molecule has 1 atom stereocenters. The third-order valence-electron chi connectivity index (χ3n) is 3.87. The molecule has 26 heavy (non-hydrogen) atoms. The van der Waals surface area contributed by atoms with Crippen molar-refractivity contribution in [3.63, 3.8) is 0 Å². The van der Waals surface area contributed by atoms with Crippen LogP contribution in [0.4, 0.5) is 0 Å². The first kappa shape index (κ1) is 17.8. The minimum absolute atomic E-state index is 0.0277. The number of aromatic nitrogens is 4. The number of H-pyrrole nitrogens is 1. The number of nitrogens with one attached hydrogen (secondary N) is 2. The van der Waals surface area contributed by atoms with Crippen LogP contribution >= 0.6 is 0 Å². The van der Waals surface area contributed by atoms with E-state index in [9.17, 15) is 4.79 Å². The largest absolute Gasteiger partial charge is 0.491 e. The molecular weight excluding hydrogens is 334 g/mol. The molecule has 0 radical (unpaired) electrons. The summed E-state index contributed by atoms with van der Waals surface area (Å²) < 4.78 is 11.1. The molecule has 0 saturated carbocycles. The number of benzene rings is 1. The molecule has 0 fully saturated rings. The predicted molar refractivity (Wildman–Crippen MR) is 96.6 cm³/mol. The summed E-state index contributed by atoms with van der Waals surface area (Å²) in [5, 5.41) is 10.9. The van der Waals surface area contributed by atoms with Crippen molar-refractivity contribution in [3.8, 4) is 17.1 Å². The summed E-state index contributed by atoms with van der Waals surface area (Å²) >= 11 is 0. The second kappa shape index (κ2) is 8.39. The summed E-state index contributed by atoms with van der Waals surface area (Å²) in [6.45, 7) is 2.93. The van der Waals surface area contributed by atoms with E-state index in [2.05, 4.69) is 25.5 Å². The van der Waals surface area contributed by atoms with E-state index in [0.717, 1.165) is 28.8 Å². The number of ether oxygens (including phenoxy) is 2. The summed E-state index contributed by atoms with van der Waals surface area (Å²) in [7, 11) is 1.62. The van der Waals surface area contributed by atoms with Crippen LogP contribution in [-0.4, -0.2) is 46.3 Å². The fourth-order valence-corrected chi connectivity index (χ4v) is 2.64. The summed E-state index contributed by atoms with van der Waals surface area (Å²) in [6.07, 6.45) is 4.73. The van der Waals surface area contributed by atoms with Crippen molar-refractivity contribution >= 4 is 17.3 Å². The lowest BCUT2D eigenvalue weighted by atomic mass is 10.1. The van der Waals surface area contributed by atoms with Crippen LogP contribution in [0.15, 0.2) is 30.6 Å². The number of nitrogens with zero attached hydrogens (tertiary/aromatic N) is 3. The Morgan fingerprint density at radius 2 is 2.23 bits per heavy atom. The Kier molecular flexibility index (Phi) is 5.75. The van der Waals surface area contributed by atoms with E-state index >= 15 is 0 Å². The Bertz CT molecular complexity index is 880. The fraction of sp³-hybridized carbons (Fsp3) is 0.333. The van der Waals surface area contributed by atoms with Gasteiger partial charge in [0.1, 0.15) is 17.1 Å². The van der Waals surface area contributed by atoms with Gasteiger partial charge in [-0.1, -0.05) is 0 Å². The van der Waals surface area contributed by atoms with Crippen molar-refractivity contribution in [1.82, 2.24) is 25.5 Å². The highest BCUT2D eigenvalue weighted by Gasteiger charge is 2.13. The molecule has 0 spiro atoms. The van der Waals surface area contributed by atoms with Crippen LogP contribution in [0.25, 0.3) is 22.3 Å². The molecular formula is C18H21N5O3. The number of rotatable bonds is 9. The summed E-state index contributed by atoms with van der Waals surface area (Å²) in [5.41, 5.74) is 3.02. The van der Waals surface area contributed by atoms with Gasteiger partial charge in [-0.2, -0.15) is 5.10 Å². The van der Waals surface area contributed by atoms with Gasteiger partial charge in [-0.25, -0.2) is 4.98 Å². The second-order valence-corrected chi connectivity index (χ2v) is 5.90. The van der Waals surface area contributed by atoms with Crippen molar-refractivity contribution in [2.24, 2.45) is 0 Å². The van der Waals surface area contributed by atoms with Crippen LogP contribution < -0.4 is 10.1 Å². The molecule has 0 aliphatic rings. The molecule has 2 N–H and O–H groups in total. The zero-order valence-corrected chi connectivity index (χ0v) is 14.7. The van der Waals surface area contributed by atoms with Gasteiger partial charge in [-0.3, -0.25) is 14.9 Å². The van der Waals surface area contributed by atoms with Crippen molar-refractivity contribution in [2.75, 3.05) is 13.7 Å². The molecule has 8 nitrogen and oxygen atoms in total. The van der Waals surface area contributed by atoms with Crippen LogP contribution in [0.2, 0.25) is 0 Å². The highest BCUT2D eigenvalue weighted by Crippen LogP contribution is 2.28. The van der Waals surface area contributed by atoms with E-state index < -0.39 is 0 Å². The third-order valence-corrected chi connectivity index (χ3v) is 3.87. The summed E-state index contributed by atoms with van der Waals surface area (Å²) in [6, 6.07) is 5.74. The Morgan fingerprint density at radius 1 is 1.35 bits per heavy atom. The van der Waals surface area contributed by atoms with Crippen LogP contribution in [0.5, 0.6) is 5.75 Å². The molecule has 0 saturated heterocycles. The second-order valence-electron chi connectivity index (χ2n) is 5.90. The maximum Gasteiger partial charge on any atom is 0.207 e. The molecule has 1 unspecified atom stereocenters. The predicted octanol–water partition coefficient (Wildman–Crippen LogP) is 2.07. The van der Waals surface area contributed by atoms with Gasteiger partial charge in [0.05, 0.1) is 36.3 Å². The van der Waals surface area contributed by atoms with Crippen molar-refractivity contribution in [3.05, 3.63) is 36.3 Å². The van der Waals surface area contributed by atoms with Gasteiger partial charge in [-0.05, 0) is 25.1 Å². The molecule has 0 aliphatic heterocycles. The molecule has 0 aliphatic carbocycles. The SMILES string of the molecule is COCc1cncc(-c2n[nH]c3ccc(OC(C)CCNC=O)cc23)n1. The first-order valence-corrected chi connectivity index (χ1v) is 8.33. The molecule has 3 aromatic rings. The first-order chi connectivity index (χ1) is 12.7. The Balaban J connectivity index is 1.84. The van der Waals surface area contributed by atoms with Gasteiger partial charge in [0.15, 0.2) is 0 Å². The Labute approximate surface area is 150 Å². The van der Waals surface area contributed by atoms with Gasteiger partial charge >= 0.3 is 0 Å². The number of amides is 1. The maximum atomic E-state index is 10.3. The number of fused-ring (bicyclic) bond motifs is 1. The van der Waals surface area contributed by atoms with Crippen LogP contribution in [0.3, 0.4) is 0 Å². The molecule has 2 heterocycles. The minimum atomic E-state index is -0.0277. The minimum Gasteiger partial charge on any atom is -0.491 e. The van der Waals surface area contributed by atoms with E-state index in [-0.39, 0.29) is 6.10 Å². The highest BCUT2D eigenvalue weighted by molar-refractivity contribution is 5.92. The quantitative estimate of drug-likeness (QED) is 0.450. The van der Waals surface area contributed by atoms with E-state index in [0.29, 0.717) is 30.9 Å². The lowest BCUT2D eigenvalue weighted by Crippen LogP contribution is -2.21. The van der Waals surface area contributed by atoms with Gasteiger partial charge in [-0.15, -0.1) is 0 Å². The van der Waals surface area contributed by atoms with Crippen LogP contribution in [-0.2, 0) is 16.1 Å². The highest BCUT2D eigenvalue weighted by atomic mass is 16.5. The normalized spacial score (nSPS) is 12.1. The van der Waals surface area contributed by atoms with E-state index in [4.69, 9.17) is 9.47 Å². The lowest BCUT2D eigenvalue weighted by Gasteiger charge is -2.14. The fourth-order valence-electron chi connectivity index (χ4n) is 2.64.